The van der Waals surface area contributed by atoms with Crippen molar-refractivity contribution in [2.45, 2.75) is 46.1 Å². The van der Waals surface area contributed by atoms with Gasteiger partial charge in [-0.25, -0.2) is 4.99 Å². The third kappa shape index (κ3) is 9.38. The molecule has 2 N–H and O–H groups in total. The topological polar surface area (TPSA) is 69.2 Å². The Hall–Kier alpha value is -1.34. The van der Waals surface area contributed by atoms with Crippen LogP contribution in [0.25, 0.3) is 0 Å². The number of carbonyl (C=O) groups is 1. The molecule has 1 atom stereocenters. The summed E-state index contributed by atoms with van der Waals surface area (Å²) < 4.78 is 5.64. The third-order valence-electron chi connectivity index (χ3n) is 4.66. The molecule has 0 radical (unpaired) electrons. The monoisotopic (exact) mass is 369 g/mol. The molecule has 7 heteroatoms. The number of rotatable bonds is 11. The van der Waals surface area contributed by atoms with Gasteiger partial charge in [-0.05, 0) is 38.3 Å². The summed E-state index contributed by atoms with van der Waals surface area (Å²) >= 11 is 0. The summed E-state index contributed by atoms with van der Waals surface area (Å²) in [4.78, 5) is 20.3. The SMILES string of the molecule is CCN1CCCC1CNC(=NCC(=O)N(C)C)NCCOCCC(C)C. The summed E-state index contributed by atoms with van der Waals surface area (Å²) in [6.07, 6.45) is 3.54. The van der Waals surface area contributed by atoms with Crippen LogP contribution in [0.2, 0.25) is 0 Å². The molecule has 1 aliphatic rings. The largest absolute Gasteiger partial charge is 0.380 e. The van der Waals surface area contributed by atoms with Gasteiger partial charge < -0.3 is 20.3 Å². The van der Waals surface area contributed by atoms with E-state index in [2.05, 4.69) is 41.3 Å². The molecule has 1 heterocycles. The van der Waals surface area contributed by atoms with Gasteiger partial charge >= 0.3 is 0 Å². The summed E-state index contributed by atoms with van der Waals surface area (Å²) in [5, 5.41) is 6.68. The van der Waals surface area contributed by atoms with Gasteiger partial charge in [-0.1, -0.05) is 20.8 Å². The quantitative estimate of drug-likeness (QED) is 0.325. The van der Waals surface area contributed by atoms with Gasteiger partial charge in [0.05, 0.1) is 6.61 Å². The number of ether oxygens (including phenoxy) is 1. The lowest BCUT2D eigenvalue weighted by Crippen LogP contribution is -2.46. The van der Waals surface area contributed by atoms with Gasteiger partial charge in [-0.15, -0.1) is 0 Å². The third-order valence-corrected chi connectivity index (χ3v) is 4.66. The molecule has 0 spiro atoms. The number of guanidine groups is 1. The minimum atomic E-state index is -0.00432. The van der Waals surface area contributed by atoms with Crippen LogP contribution in [-0.2, 0) is 9.53 Å². The highest BCUT2D eigenvalue weighted by Gasteiger charge is 2.22. The fraction of sp³-hybridized carbons (Fsp3) is 0.895. The van der Waals surface area contributed by atoms with Crippen molar-refractivity contribution in [3.8, 4) is 0 Å². The Labute approximate surface area is 159 Å². The average Bonchev–Trinajstić information content (AvgIpc) is 3.06. The smallest absolute Gasteiger partial charge is 0.243 e. The molecule has 0 aromatic carbocycles. The Morgan fingerprint density at radius 3 is 2.73 bits per heavy atom. The number of nitrogens with one attached hydrogen (secondary N) is 2. The van der Waals surface area contributed by atoms with Crippen LogP contribution in [0.1, 0.15) is 40.0 Å². The molecule has 1 aliphatic heterocycles. The second-order valence-corrected chi connectivity index (χ2v) is 7.48. The number of likely N-dealkylation sites (tertiary alicyclic amines) is 1. The Morgan fingerprint density at radius 1 is 1.31 bits per heavy atom. The predicted molar refractivity (Wildman–Crippen MR) is 108 cm³/mol. The van der Waals surface area contributed by atoms with E-state index in [1.165, 1.54) is 19.4 Å². The van der Waals surface area contributed by atoms with E-state index >= 15 is 0 Å². The van der Waals surface area contributed by atoms with Crippen LogP contribution in [0.15, 0.2) is 4.99 Å². The van der Waals surface area contributed by atoms with E-state index in [1.807, 2.05) is 0 Å². The van der Waals surface area contributed by atoms with Gasteiger partial charge in [-0.2, -0.15) is 0 Å². The average molecular weight is 370 g/mol. The number of aliphatic imine (C=N–C) groups is 1. The molecular formula is C19H39N5O2. The van der Waals surface area contributed by atoms with Crippen LogP contribution in [0, 0.1) is 5.92 Å². The first-order valence-electron chi connectivity index (χ1n) is 9.98. The first kappa shape index (κ1) is 22.7. The summed E-state index contributed by atoms with van der Waals surface area (Å²) in [6, 6.07) is 0.541. The van der Waals surface area contributed by atoms with Crippen molar-refractivity contribution in [3.05, 3.63) is 0 Å². The zero-order valence-electron chi connectivity index (χ0n) is 17.4. The number of likely N-dealkylation sites (N-methyl/N-ethyl adjacent to an activating group) is 2. The van der Waals surface area contributed by atoms with Gasteiger partial charge in [0.15, 0.2) is 5.96 Å². The molecule has 152 valence electrons. The Bertz CT molecular complexity index is 426. The maximum absolute atomic E-state index is 11.8. The summed E-state index contributed by atoms with van der Waals surface area (Å²) in [5.74, 6) is 1.35. The molecule has 1 amide bonds. The molecule has 26 heavy (non-hydrogen) atoms. The van der Waals surface area contributed by atoms with Crippen molar-refractivity contribution >= 4 is 11.9 Å². The standard InChI is InChI=1S/C19H39N5O2/c1-6-24-11-7-8-17(24)14-21-19(22-15-18(25)23(4)5)20-10-13-26-12-9-16(2)3/h16-17H,6-15H2,1-5H3,(H2,20,21,22). The molecule has 0 bridgehead atoms. The van der Waals surface area contributed by atoms with Crippen LogP contribution in [0.3, 0.4) is 0 Å². The lowest BCUT2D eigenvalue weighted by molar-refractivity contribution is -0.127. The van der Waals surface area contributed by atoms with Crippen molar-refractivity contribution in [1.29, 1.82) is 0 Å². The second-order valence-electron chi connectivity index (χ2n) is 7.48. The molecule has 1 unspecified atom stereocenters. The molecule has 1 rings (SSSR count). The Balaban J connectivity index is 2.42. The summed E-state index contributed by atoms with van der Waals surface area (Å²) in [5.41, 5.74) is 0. The maximum atomic E-state index is 11.8. The van der Waals surface area contributed by atoms with Crippen molar-refractivity contribution < 1.29 is 9.53 Å². The molecule has 0 aliphatic carbocycles. The Morgan fingerprint density at radius 2 is 2.08 bits per heavy atom. The van der Waals surface area contributed by atoms with Crippen LogP contribution >= 0.6 is 0 Å². The molecule has 0 aromatic heterocycles. The number of amides is 1. The van der Waals surface area contributed by atoms with Crippen molar-refractivity contribution in [3.63, 3.8) is 0 Å². The summed E-state index contributed by atoms with van der Waals surface area (Å²) in [7, 11) is 3.50. The summed E-state index contributed by atoms with van der Waals surface area (Å²) in [6.45, 7) is 12.0. The van der Waals surface area contributed by atoms with Crippen molar-refractivity contribution in [2.24, 2.45) is 10.9 Å². The van der Waals surface area contributed by atoms with E-state index in [-0.39, 0.29) is 12.5 Å². The van der Waals surface area contributed by atoms with Crippen molar-refractivity contribution in [1.82, 2.24) is 20.4 Å². The van der Waals surface area contributed by atoms with Crippen molar-refractivity contribution in [2.75, 3.05) is 60.0 Å². The van der Waals surface area contributed by atoms with E-state index in [1.54, 1.807) is 19.0 Å². The van der Waals surface area contributed by atoms with Crippen LogP contribution in [0.4, 0.5) is 0 Å². The van der Waals surface area contributed by atoms with E-state index < -0.39 is 0 Å². The molecule has 1 saturated heterocycles. The number of carbonyl (C=O) groups excluding carboxylic acids is 1. The molecule has 1 fully saturated rings. The fourth-order valence-electron chi connectivity index (χ4n) is 2.88. The minimum absolute atomic E-state index is 0.00432. The normalized spacial score (nSPS) is 18.4. The van der Waals surface area contributed by atoms with E-state index in [0.717, 1.165) is 26.1 Å². The first-order chi connectivity index (χ1) is 12.4. The fourth-order valence-corrected chi connectivity index (χ4v) is 2.88. The Kier molecular flexibility index (Phi) is 11.3. The van der Waals surface area contributed by atoms with E-state index in [0.29, 0.717) is 31.1 Å². The van der Waals surface area contributed by atoms with Crippen LogP contribution in [-0.4, -0.2) is 87.7 Å². The number of hydrogen-bond donors (Lipinski definition) is 2. The zero-order valence-corrected chi connectivity index (χ0v) is 17.4. The highest BCUT2D eigenvalue weighted by molar-refractivity contribution is 5.84. The molecule has 0 aromatic rings. The van der Waals surface area contributed by atoms with Gasteiger partial charge in [0.1, 0.15) is 6.54 Å². The zero-order chi connectivity index (χ0) is 19.4. The second kappa shape index (κ2) is 12.9. The van der Waals surface area contributed by atoms with E-state index in [9.17, 15) is 4.79 Å². The van der Waals surface area contributed by atoms with Crippen LogP contribution in [0.5, 0.6) is 0 Å². The lowest BCUT2D eigenvalue weighted by Gasteiger charge is -2.24. The molecule has 0 saturated carbocycles. The van der Waals surface area contributed by atoms with Gasteiger partial charge in [0.25, 0.3) is 0 Å². The number of nitrogens with zero attached hydrogens (tertiary/aromatic N) is 3. The van der Waals surface area contributed by atoms with Gasteiger partial charge in [-0.3, -0.25) is 9.69 Å². The minimum Gasteiger partial charge on any atom is -0.380 e. The van der Waals surface area contributed by atoms with Gasteiger partial charge in [0.2, 0.25) is 5.91 Å². The highest BCUT2D eigenvalue weighted by atomic mass is 16.5. The molecule has 7 nitrogen and oxygen atoms in total. The van der Waals surface area contributed by atoms with Crippen LogP contribution < -0.4 is 10.6 Å². The maximum Gasteiger partial charge on any atom is 0.243 e. The molecular weight excluding hydrogens is 330 g/mol. The predicted octanol–water partition coefficient (Wildman–Crippen LogP) is 1.16. The van der Waals surface area contributed by atoms with E-state index in [4.69, 9.17) is 4.74 Å². The number of hydrogen-bond acceptors (Lipinski definition) is 4. The first-order valence-corrected chi connectivity index (χ1v) is 9.98. The van der Waals surface area contributed by atoms with Gasteiger partial charge in [0, 0.05) is 39.8 Å². The lowest BCUT2D eigenvalue weighted by atomic mass is 10.1. The highest BCUT2D eigenvalue weighted by Crippen LogP contribution is 2.15.